The summed E-state index contributed by atoms with van der Waals surface area (Å²) in [6.45, 7) is 3.71. The van der Waals surface area contributed by atoms with E-state index < -0.39 is 28.5 Å². The van der Waals surface area contributed by atoms with Crippen molar-refractivity contribution >= 4 is 39.1 Å². The fraction of sp³-hybridized carbons (Fsp3) is 0.278. The van der Waals surface area contributed by atoms with Crippen LogP contribution in [0.15, 0.2) is 109 Å². The third-order valence-electron chi connectivity index (χ3n) is 7.62. The molecule has 0 bridgehead atoms. The van der Waals surface area contributed by atoms with Crippen molar-refractivity contribution in [2.45, 2.75) is 51.9 Å². The fourth-order valence-corrected chi connectivity index (χ4v) is 5.91. The Hall–Kier alpha value is -4.34. The number of hydrogen-bond acceptors (Lipinski definition) is 5. The van der Waals surface area contributed by atoms with Gasteiger partial charge in [0.2, 0.25) is 21.8 Å². The van der Waals surface area contributed by atoms with E-state index in [2.05, 4.69) is 5.32 Å². The molecule has 46 heavy (non-hydrogen) atoms. The van der Waals surface area contributed by atoms with E-state index in [0.29, 0.717) is 35.1 Å². The summed E-state index contributed by atoms with van der Waals surface area (Å²) < 4.78 is 33.1. The molecular weight excluding hydrogens is 622 g/mol. The first-order valence-electron chi connectivity index (χ1n) is 15.2. The van der Waals surface area contributed by atoms with Crippen molar-refractivity contribution < 1.29 is 22.7 Å². The standard InChI is InChI=1S/C36H40ClN3O5S/c1-4-27(2)38-36(42)34(23-28-13-7-5-8-14-28)39(24-30-17-11-12-18-33(30)37)35(41)25-40(46(3,43)44)31-19-21-32(22-20-31)45-26-29-15-9-6-10-16-29/h5-22,27,34H,4,23-26H2,1-3H3,(H,38,42)/t27-,34+/m1/s1. The maximum atomic E-state index is 14.3. The Kier molecular flexibility index (Phi) is 12.2. The topological polar surface area (TPSA) is 96.0 Å². The van der Waals surface area contributed by atoms with Crippen LogP contribution in [0.2, 0.25) is 5.02 Å². The van der Waals surface area contributed by atoms with Crippen LogP contribution in [0.4, 0.5) is 5.69 Å². The van der Waals surface area contributed by atoms with Crippen LogP contribution in [0.25, 0.3) is 0 Å². The van der Waals surface area contributed by atoms with Crippen molar-refractivity contribution in [3.8, 4) is 5.75 Å². The van der Waals surface area contributed by atoms with E-state index in [0.717, 1.165) is 21.7 Å². The third-order valence-corrected chi connectivity index (χ3v) is 9.13. The minimum Gasteiger partial charge on any atom is -0.489 e. The van der Waals surface area contributed by atoms with Gasteiger partial charge in [0.25, 0.3) is 0 Å². The Morgan fingerprint density at radius 2 is 1.43 bits per heavy atom. The zero-order valence-corrected chi connectivity index (χ0v) is 27.9. The van der Waals surface area contributed by atoms with Crippen molar-refractivity contribution in [1.29, 1.82) is 0 Å². The van der Waals surface area contributed by atoms with Crippen LogP contribution >= 0.6 is 11.6 Å². The van der Waals surface area contributed by atoms with Gasteiger partial charge >= 0.3 is 0 Å². The quantitative estimate of drug-likeness (QED) is 0.163. The number of carbonyl (C=O) groups excluding carboxylic acids is 2. The molecule has 0 saturated carbocycles. The van der Waals surface area contributed by atoms with Crippen molar-refractivity contribution in [1.82, 2.24) is 10.2 Å². The molecule has 0 aliphatic carbocycles. The minimum absolute atomic E-state index is 0.00774. The average Bonchev–Trinajstić information content (AvgIpc) is 3.05. The summed E-state index contributed by atoms with van der Waals surface area (Å²) >= 11 is 6.52. The van der Waals surface area contributed by atoms with Gasteiger partial charge in [0.05, 0.1) is 11.9 Å². The lowest BCUT2D eigenvalue weighted by molar-refractivity contribution is -0.140. The Morgan fingerprint density at radius 3 is 2.02 bits per heavy atom. The van der Waals surface area contributed by atoms with Crippen molar-refractivity contribution in [3.05, 3.63) is 131 Å². The van der Waals surface area contributed by atoms with Crippen LogP contribution in [0.3, 0.4) is 0 Å². The van der Waals surface area contributed by atoms with Crippen LogP contribution in [0, 0.1) is 0 Å². The molecule has 2 amide bonds. The largest absolute Gasteiger partial charge is 0.489 e. The summed E-state index contributed by atoms with van der Waals surface area (Å²) in [6, 6.07) is 31.7. The first-order chi connectivity index (χ1) is 22.0. The summed E-state index contributed by atoms with van der Waals surface area (Å²) in [4.78, 5) is 29.5. The number of amides is 2. The molecule has 0 aliphatic heterocycles. The summed E-state index contributed by atoms with van der Waals surface area (Å²) in [5.41, 5.74) is 2.79. The molecule has 0 unspecified atom stereocenters. The highest BCUT2D eigenvalue weighted by Gasteiger charge is 2.33. The molecule has 10 heteroatoms. The van der Waals surface area contributed by atoms with Crippen molar-refractivity contribution in [3.63, 3.8) is 0 Å². The van der Waals surface area contributed by atoms with E-state index in [1.165, 1.54) is 4.90 Å². The van der Waals surface area contributed by atoms with E-state index in [-0.39, 0.29) is 24.9 Å². The molecule has 0 heterocycles. The Labute approximate surface area is 277 Å². The van der Waals surface area contributed by atoms with Crippen molar-refractivity contribution in [2.75, 3.05) is 17.1 Å². The molecule has 0 spiro atoms. The normalized spacial score (nSPS) is 12.5. The van der Waals surface area contributed by atoms with Gasteiger partial charge in [-0.15, -0.1) is 0 Å². The fourth-order valence-electron chi connectivity index (χ4n) is 4.87. The highest BCUT2D eigenvalue weighted by molar-refractivity contribution is 7.92. The molecule has 4 rings (SSSR count). The van der Waals surface area contributed by atoms with Gasteiger partial charge in [0.1, 0.15) is 24.9 Å². The van der Waals surface area contributed by atoms with E-state index in [9.17, 15) is 18.0 Å². The Balaban J connectivity index is 1.65. The summed E-state index contributed by atoms with van der Waals surface area (Å²) in [5, 5.41) is 3.46. The zero-order chi connectivity index (χ0) is 33.1. The number of anilines is 1. The first kappa shape index (κ1) is 34.5. The summed E-state index contributed by atoms with van der Waals surface area (Å²) in [6.07, 6.45) is 1.98. The number of ether oxygens (including phenoxy) is 1. The number of nitrogens with one attached hydrogen (secondary N) is 1. The maximum absolute atomic E-state index is 14.3. The molecule has 1 N–H and O–H groups in total. The van der Waals surface area contributed by atoms with Gasteiger partial charge in [-0.2, -0.15) is 0 Å². The van der Waals surface area contributed by atoms with Gasteiger partial charge in [-0.1, -0.05) is 97.4 Å². The Bertz CT molecular complexity index is 1690. The summed E-state index contributed by atoms with van der Waals surface area (Å²) in [5.74, 6) is -0.322. The monoisotopic (exact) mass is 661 g/mol. The van der Waals surface area contributed by atoms with Gasteiger partial charge in [-0.3, -0.25) is 13.9 Å². The molecular formula is C36H40ClN3O5S. The molecule has 8 nitrogen and oxygen atoms in total. The number of nitrogens with zero attached hydrogens (tertiary/aromatic N) is 2. The second-order valence-electron chi connectivity index (χ2n) is 11.2. The number of benzene rings is 4. The van der Waals surface area contributed by atoms with E-state index in [1.54, 1.807) is 48.5 Å². The lowest BCUT2D eigenvalue weighted by Crippen LogP contribution is -2.54. The highest BCUT2D eigenvalue weighted by Crippen LogP contribution is 2.25. The number of rotatable bonds is 15. The van der Waals surface area contributed by atoms with Gasteiger partial charge < -0.3 is 15.0 Å². The summed E-state index contributed by atoms with van der Waals surface area (Å²) in [7, 11) is -3.91. The second-order valence-corrected chi connectivity index (χ2v) is 13.5. The molecule has 0 saturated heterocycles. The van der Waals surface area contributed by atoms with E-state index >= 15 is 0 Å². The molecule has 0 fully saturated rings. The van der Waals surface area contributed by atoms with Crippen LogP contribution in [0.5, 0.6) is 5.75 Å². The van der Waals surface area contributed by atoms with Crippen LogP contribution in [-0.2, 0) is 39.2 Å². The van der Waals surface area contributed by atoms with Crippen LogP contribution in [0.1, 0.15) is 37.0 Å². The number of halogens is 1. The third kappa shape index (κ3) is 9.83. The Morgan fingerprint density at radius 1 is 0.848 bits per heavy atom. The lowest BCUT2D eigenvalue weighted by Gasteiger charge is -2.34. The second kappa shape index (κ2) is 16.3. The zero-order valence-electron chi connectivity index (χ0n) is 26.3. The number of hydrogen-bond donors (Lipinski definition) is 1. The van der Waals surface area contributed by atoms with Gasteiger partial charge in [0, 0.05) is 24.0 Å². The molecule has 4 aromatic rings. The molecule has 242 valence electrons. The average molecular weight is 662 g/mol. The smallest absolute Gasteiger partial charge is 0.244 e. The van der Waals surface area contributed by atoms with E-state index in [1.807, 2.05) is 74.5 Å². The van der Waals surface area contributed by atoms with Gasteiger partial charge in [-0.05, 0) is 60.4 Å². The minimum atomic E-state index is -3.91. The predicted octanol–water partition coefficient (Wildman–Crippen LogP) is 6.24. The molecule has 0 radical (unpaired) electrons. The lowest BCUT2D eigenvalue weighted by atomic mass is 10.0. The molecule has 0 aliphatic rings. The molecule has 4 aromatic carbocycles. The number of sulfonamides is 1. The van der Waals surface area contributed by atoms with Crippen LogP contribution in [-0.4, -0.2) is 50.0 Å². The van der Waals surface area contributed by atoms with Gasteiger partial charge in [0.15, 0.2) is 0 Å². The number of carbonyl (C=O) groups is 2. The molecule has 2 atom stereocenters. The maximum Gasteiger partial charge on any atom is 0.244 e. The van der Waals surface area contributed by atoms with Gasteiger partial charge in [-0.25, -0.2) is 8.42 Å². The SMILES string of the molecule is CC[C@@H](C)NC(=O)[C@H](Cc1ccccc1)N(Cc1ccccc1Cl)C(=O)CN(c1ccc(OCc2ccccc2)cc1)S(C)(=O)=O. The first-order valence-corrected chi connectivity index (χ1v) is 17.4. The van der Waals surface area contributed by atoms with Crippen LogP contribution < -0.4 is 14.4 Å². The predicted molar refractivity (Wildman–Crippen MR) is 183 cm³/mol. The highest BCUT2D eigenvalue weighted by atomic mass is 35.5. The van der Waals surface area contributed by atoms with Crippen molar-refractivity contribution in [2.24, 2.45) is 0 Å². The van der Waals surface area contributed by atoms with E-state index in [4.69, 9.17) is 16.3 Å². The molecule has 0 aromatic heterocycles.